The Hall–Kier alpha value is -4.11. The van der Waals surface area contributed by atoms with Crippen LogP contribution in [0.25, 0.3) is 0 Å². The molecule has 0 atom stereocenters. The number of nitrogens with zero attached hydrogens (tertiary/aromatic N) is 2. The summed E-state index contributed by atoms with van der Waals surface area (Å²) in [6.45, 7) is 3.91. The van der Waals surface area contributed by atoms with E-state index in [-0.39, 0.29) is 17.9 Å². The zero-order valence-corrected chi connectivity index (χ0v) is 18.9. The third kappa shape index (κ3) is 5.04. The third-order valence-electron chi connectivity index (χ3n) is 6.15. The van der Waals surface area contributed by atoms with Gasteiger partial charge in [0.1, 0.15) is 5.82 Å². The van der Waals surface area contributed by atoms with E-state index in [1.165, 1.54) is 30.3 Å². The van der Waals surface area contributed by atoms with Crippen molar-refractivity contribution in [1.82, 2.24) is 4.90 Å². The molecule has 8 nitrogen and oxygen atoms in total. The molecule has 1 saturated heterocycles. The molecular weight excluding hydrogens is 453 g/mol. The van der Waals surface area contributed by atoms with Crippen LogP contribution in [0.4, 0.5) is 15.8 Å². The molecule has 0 bridgehead atoms. The Balaban J connectivity index is 1.23. The first-order valence-electron chi connectivity index (χ1n) is 11.3. The summed E-state index contributed by atoms with van der Waals surface area (Å²) in [6.07, 6.45) is 0. The van der Waals surface area contributed by atoms with Crippen LogP contribution in [0, 0.1) is 5.82 Å². The maximum atomic E-state index is 13.1. The number of amides is 1. The lowest BCUT2D eigenvalue weighted by Crippen LogP contribution is -2.46. The monoisotopic (exact) mass is 477 g/mol. The van der Waals surface area contributed by atoms with Gasteiger partial charge in [0.2, 0.25) is 6.79 Å². The average molecular weight is 477 g/mol. The van der Waals surface area contributed by atoms with Gasteiger partial charge in [-0.05, 0) is 60.2 Å². The maximum absolute atomic E-state index is 13.1. The van der Waals surface area contributed by atoms with Crippen LogP contribution in [-0.2, 0) is 6.54 Å². The minimum absolute atomic E-state index is 0.117. The lowest BCUT2D eigenvalue weighted by molar-refractivity contribution is 0.0697. The quantitative estimate of drug-likeness (QED) is 0.558. The van der Waals surface area contributed by atoms with Crippen molar-refractivity contribution in [1.29, 1.82) is 0 Å². The molecule has 2 aliphatic rings. The molecule has 2 heterocycles. The van der Waals surface area contributed by atoms with Gasteiger partial charge in [-0.1, -0.05) is 6.07 Å². The van der Waals surface area contributed by atoms with Gasteiger partial charge in [-0.15, -0.1) is 0 Å². The van der Waals surface area contributed by atoms with Crippen molar-refractivity contribution < 1.29 is 28.6 Å². The van der Waals surface area contributed by atoms with Gasteiger partial charge in [0.25, 0.3) is 5.91 Å². The Morgan fingerprint density at radius 3 is 2.40 bits per heavy atom. The lowest BCUT2D eigenvalue weighted by atomic mass is 10.1. The van der Waals surface area contributed by atoms with Gasteiger partial charge in [0.05, 0.1) is 11.3 Å². The van der Waals surface area contributed by atoms with Crippen LogP contribution in [0.5, 0.6) is 11.5 Å². The Bertz CT molecular complexity index is 1260. The zero-order chi connectivity index (χ0) is 24.4. The highest BCUT2D eigenvalue weighted by atomic mass is 19.1. The molecule has 0 aromatic heterocycles. The number of rotatable bonds is 6. The highest BCUT2D eigenvalue weighted by Gasteiger charge is 2.23. The summed E-state index contributed by atoms with van der Waals surface area (Å²) < 4.78 is 23.9. The molecule has 3 aromatic carbocycles. The SMILES string of the molecule is O=C(Nc1ccc(N2CCN(Cc3ccc4c(c3)OCO4)CC2)c(C(=O)O)c1)c1ccc(F)cc1. The highest BCUT2D eigenvalue weighted by Crippen LogP contribution is 2.33. The van der Waals surface area contributed by atoms with Crippen molar-refractivity contribution in [3.05, 3.63) is 83.2 Å². The van der Waals surface area contributed by atoms with Gasteiger partial charge >= 0.3 is 5.97 Å². The zero-order valence-electron chi connectivity index (χ0n) is 18.9. The molecule has 0 unspecified atom stereocenters. The average Bonchev–Trinajstić information content (AvgIpc) is 3.33. The lowest BCUT2D eigenvalue weighted by Gasteiger charge is -2.36. The molecule has 1 fully saturated rings. The molecular formula is C26H24FN3O5. The number of carbonyl (C=O) groups is 2. The molecule has 0 aliphatic carbocycles. The molecule has 0 spiro atoms. The first kappa shape index (κ1) is 22.7. The number of piperazine rings is 1. The number of carboxylic acid groups (broad SMARTS) is 1. The largest absolute Gasteiger partial charge is 0.478 e. The van der Waals surface area contributed by atoms with Crippen LogP contribution in [0.1, 0.15) is 26.3 Å². The van der Waals surface area contributed by atoms with Crippen LogP contribution >= 0.6 is 0 Å². The van der Waals surface area contributed by atoms with E-state index in [1.54, 1.807) is 12.1 Å². The summed E-state index contributed by atoms with van der Waals surface area (Å²) in [5.74, 6) is -0.419. The summed E-state index contributed by atoms with van der Waals surface area (Å²) >= 11 is 0. The smallest absolute Gasteiger partial charge is 0.337 e. The molecule has 0 saturated carbocycles. The molecule has 180 valence electrons. The van der Waals surface area contributed by atoms with Crippen molar-refractivity contribution in [3.63, 3.8) is 0 Å². The molecule has 5 rings (SSSR count). The van der Waals surface area contributed by atoms with Gasteiger partial charge < -0.3 is 24.8 Å². The molecule has 1 amide bonds. The number of halogens is 1. The number of hydrogen-bond acceptors (Lipinski definition) is 6. The molecule has 35 heavy (non-hydrogen) atoms. The second kappa shape index (κ2) is 9.63. The van der Waals surface area contributed by atoms with Crippen LogP contribution < -0.4 is 19.7 Å². The van der Waals surface area contributed by atoms with Crippen molar-refractivity contribution in [2.24, 2.45) is 0 Å². The minimum atomic E-state index is -1.07. The van der Waals surface area contributed by atoms with E-state index in [0.29, 0.717) is 24.5 Å². The fraction of sp³-hybridized carbons (Fsp3) is 0.231. The number of fused-ring (bicyclic) bond motifs is 1. The number of nitrogens with one attached hydrogen (secondary N) is 1. The molecule has 9 heteroatoms. The van der Waals surface area contributed by atoms with Crippen molar-refractivity contribution in [2.45, 2.75) is 6.54 Å². The normalized spacial score (nSPS) is 15.2. The Morgan fingerprint density at radius 2 is 1.66 bits per heavy atom. The van der Waals surface area contributed by atoms with E-state index in [9.17, 15) is 19.1 Å². The Morgan fingerprint density at radius 1 is 0.914 bits per heavy atom. The predicted molar refractivity (Wildman–Crippen MR) is 128 cm³/mol. The minimum Gasteiger partial charge on any atom is -0.478 e. The number of ether oxygens (including phenoxy) is 2. The van der Waals surface area contributed by atoms with Gasteiger partial charge in [-0.25, -0.2) is 9.18 Å². The van der Waals surface area contributed by atoms with Crippen molar-refractivity contribution in [3.8, 4) is 11.5 Å². The standard InChI is InChI=1S/C26H24FN3O5/c27-19-4-2-18(3-5-19)25(31)28-20-6-7-22(21(14-20)26(32)33)30-11-9-29(10-12-30)15-17-1-8-23-24(13-17)35-16-34-23/h1-8,13-14H,9-12,15-16H2,(H,28,31)(H,32,33). The van der Waals surface area contributed by atoms with Gasteiger partial charge in [-0.3, -0.25) is 9.69 Å². The predicted octanol–water partition coefficient (Wildman–Crippen LogP) is 3.83. The number of benzene rings is 3. The van der Waals surface area contributed by atoms with E-state index in [0.717, 1.165) is 36.7 Å². The van der Waals surface area contributed by atoms with Crippen molar-refractivity contribution in [2.75, 3.05) is 43.2 Å². The first-order chi connectivity index (χ1) is 17.0. The number of aromatic carboxylic acids is 1. The molecule has 0 radical (unpaired) electrons. The van der Waals surface area contributed by atoms with Crippen LogP contribution in [0.3, 0.4) is 0 Å². The second-order valence-corrected chi connectivity index (χ2v) is 8.45. The van der Waals surface area contributed by atoms with E-state index >= 15 is 0 Å². The van der Waals surface area contributed by atoms with Crippen LogP contribution in [-0.4, -0.2) is 54.9 Å². The number of carboxylic acids is 1. The number of hydrogen-bond donors (Lipinski definition) is 2. The molecule has 3 aromatic rings. The summed E-state index contributed by atoms with van der Waals surface area (Å²) in [5, 5.41) is 12.5. The molecule has 2 aliphatic heterocycles. The summed E-state index contributed by atoms with van der Waals surface area (Å²) in [7, 11) is 0. The Labute approximate surface area is 201 Å². The second-order valence-electron chi connectivity index (χ2n) is 8.45. The van der Waals surface area contributed by atoms with E-state index in [2.05, 4.69) is 10.2 Å². The topological polar surface area (TPSA) is 91.3 Å². The van der Waals surface area contributed by atoms with Gasteiger partial charge in [0, 0.05) is 44.0 Å². The van der Waals surface area contributed by atoms with E-state index in [4.69, 9.17) is 9.47 Å². The van der Waals surface area contributed by atoms with Crippen molar-refractivity contribution >= 4 is 23.3 Å². The van der Waals surface area contributed by atoms with Gasteiger partial charge in [0.15, 0.2) is 11.5 Å². The molecule has 2 N–H and O–H groups in total. The summed E-state index contributed by atoms with van der Waals surface area (Å²) in [6, 6.07) is 16.0. The first-order valence-corrected chi connectivity index (χ1v) is 11.3. The fourth-order valence-electron chi connectivity index (χ4n) is 4.31. The number of carbonyl (C=O) groups excluding carboxylic acids is 1. The van der Waals surface area contributed by atoms with Gasteiger partial charge in [-0.2, -0.15) is 0 Å². The highest BCUT2D eigenvalue weighted by molar-refractivity contribution is 6.05. The Kier molecular flexibility index (Phi) is 6.24. The van der Waals surface area contributed by atoms with E-state index < -0.39 is 17.7 Å². The van der Waals surface area contributed by atoms with Crippen LogP contribution in [0.15, 0.2) is 60.7 Å². The third-order valence-corrected chi connectivity index (χ3v) is 6.15. The maximum Gasteiger partial charge on any atom is 0.337 e. The summed E-state index contributed by atoms with van der Waals surface area (Å²) in [4.78, 5) is 28.8. The summed E-state index contributed by atoms with van der Waals surface area (Å²) in [5.41, 5.74) is 2.51. The van der Waals surface area contributed by atoms with E-state index in [1.807, 2.05) is 23.1 Å². The van der Waals surface area contributed by atoms with Crippen LogP contribution in [0.2, 0.25) is 0 Å². The fourth-order valence-corrected chi connectivity index (χ4v) is 4.31. The number of anilines is 2.